The fraction of sp³-hybridized carbons (Fsp3) is 0.900. The predicted molar refractivity (Wildman–Crippen MR) is 51.7 cm³/mol. The lowest BCUT2D eigenvalue weighted by molar-refractivity contribution is -0.114. The third-order valence-corrected chi connectivity index (χ3v) is 2.61. The van der Waals surface area contributed by atoms with Gasteiger partial charge in [0.1, 0.15) is 12.9 Å². The molecule has 13 heavy (non-hydrogen) atoms. The molecule has 3 nitrogen and oxygen atoms in total. The fourth-order valence-corrected chi connectivity index (χ4v) is 1.73. The van der Waals surface area contributed by atoms with Crippen molar-refractivity contribution >= 4 is 6.29 Å². The van der Waals surface area contributed by atoms with Gasteiger partial charge in [0.25, 0.3) is 0 Å². The molecule has 1 aliphatic rings. The Bertz CT molecular complexity index is 151. The Morgan fingerprint density at radius 2 is 2.08 bits per heavy atom. The van der Waals surface area contributed by atoms with E-state index in [1.807, 2.05) is 0 Å². The first kappa shape index (κ1) is 10.7. The van der Waals surface area contributed by atoms with Crippen molar-refractivity contribution in [2.75, 3.05) is 19.7 Å². The molecule has 3 heteroatoms. The number of nitrogens with zero attached hydrogens (tertiary/aromatic N) is 1. The van der Waals surface area contributed by atoms with Crippen LogP contribution in [0.25, 0.3) is 0 Å². The van der Waals surface area contributed by atoms with Crippen LogP contribution < -0.4 is 0 Å². The summed E-state index contributed by atoms with van der Waals surface area (Å²) in [7, 11) is 0. The molecule has 0 unspecified atom stereocenters. The van der Waals surface area contributed by atoms with Gasteiger partial charge in [-0.3, -0.25) is 0 Å². The van der Waals surface area contributed by atoms with Crippen molar-refractivity contribution in [2.45, 2.75) is 38.8 Å². The van der Waals surface area contributed by atoms with Gasteiger partial charge in [-0.05, 0) is 26.7 Å². The van der Waals surface area contributed by atoms with E-state index in [-0.39, 0.29) is 6.61 Å². The van der Waals surface area contributed by atoms with E-state index in [2.05, 4.69) is 18.7 Å². The first-order valence-electron chi connectivity index (χ1n) is 5.03. The molecule has 1 aliphatic heterocycles. The van der Waals surface area contributed by atoms with Crippen LogP contribution in [0.15, 0.2) is 0 Å². The summed E-state index contributed by atoms with van der Waals surface area (Å²) in [6, 6.07) is 0.632. The Labute approximate surface area is 80.1 Å². The molecule has 0 radical (unpaired) electrons. The zero-order chi connectivity index (χ0) is 9.68. The van der Waals surface area contributed by atoms with Gasteiger partial charge in [-0.15, -0.1) is 0 Å². The minimum absolute atomic E-state index is 0.256. The van der Waals surface area contributed by atoms with Gasteiger partial charge >= 0.3 is 0 Å². The van der Waals surface area contributed by atoms with Crippen LogP contribution in [0, 0.1) is 0 Å². The fourth-order valence-electron chi connectivity index (χ4n) is 1.73. The van der Waals surface area contributed by atoms with Gasteiger partial charge in [0.05, 0.1) is 6.10 Å². The van der Waals surface area contributed by atoms with Crippen LogP contribution in [0.5, 0.6) is 0 Å². The first-order valence-corrected chi connectivity index (χ1v) is 5.03. The van der Waals surface area contributed by atoms with Crippen molar-refractivity contribution in [1.29, 1.82) is 0 Å². The summed E-state index contributed by atoms with van der Waals surface area (Å²) in [5, 5.41) is 0. The molecule has 0 aromatic rings. The van der Waals surface area contributed by atoms with Gasteiger partial charge in [0.2, 0.25) is 0 Å². The molecule has 0 amide bonds. The van der Waals surface area contributed by atoms with Crippen LogP contribution in [0.2, 0.25) is 0 Å². The largest absolute Gasteiger partial charge is 0.371 e. The Morgan fingerprint density at radius 1 is 1.46 bits per heavy atom. The van der Waals surface area contributed by atoms with E-state index in [4.69, 9.17) is 4.74 Å². The number of likely N-dealkylation sites (tertiary alicyclic amines) is 1. The lowest BCUT2D eigenvalue weighted by Crippen LogP contribution is -2.41. The Morgan fingerprint density at radius 3 is 2.54 bits per heavy atom. The highest BCUT2D eigenvalue weighted by atomic mass is 16.5. The van der Waals surface area contributed by atoms with Crippen LogP contribution in [0.4, 0.5) is 0 Å². The second-order valence-electron chi connectivity index (χ2n) is 3.83. The smallest absolute Gasteiger partial charge is 0.145 e. The van der Waals surface area contributed by atoms with Crippen molar-refractivity contribution in [3.05, 3.63) is 0 Å². The highest BCUT2D eigenvalue weighted by Crippen LogP contribution is 2.15. The molecule has 76 valence electrons. The minimum Gasteiger partial charge on any atom is -0.371 e. The molecule has 0 aromatic carbocycles. The molecule has 1 heterocycles. The molecule has 1 rings (SSSR count). The number of hydrogen-bond acceptors (Lipinski definition) is 3. The van der Waals surface area contributed by atoms with Crippen molar-refractivity contribution in [1.82, 2.24) is 4.90 Å². The summed E-state index contributed by atoms with van der Waals surface area (Å²) in [6.07, 6.45) is 3.26. The quantitative estimate of drug-likeness (QED) is 0.614. The molecule has 0 spiro atoms. The van der Waals surface area contributed by atoms with Gasteiger partial charge in [-0.2, -0.15) is 0 Å². The summed E-state index contributed by atoms with van der Waals surface area (Å²) in [4.78, 5) is 12.5. The number of carbonyl (C=O) groups excluding carboxylic acids is 1. The number of hydrogen-bond donors (Lipinski definition) is 0. The first-order chi connectivity index (χ1) is 6.24. The molecule has 0 bridgehead atoms. The molecule has 0 aromatic heterocycles. The molecular formula is C10H19NO2. The number of rotatable bonds is 4. The van der Waals surface area contributed by atoms with Crippen molar-refractivity contribution in [2.24, 2.45) is 0 Å². The third kappa shape index (κ3) is 3.44. The van der Waals surface area contributed by atoms with Gasteiger partial charge in [-0.25, -0.2) is 0 Å². The van der Waals surface area contributed by atoms with Gasteiger partial charge in [-0.1, -0.05) is 0 Å². The SMILES string of the molecule is CC(C)N1CCC(OCC=O)CC1. The maximum atomic E-state index is 10.1. The van der Waals surface area contributed by atoms with Gasteiger partial charge in [0.15, 0.2) is 0 Å². The van der Waals surface area contributed by atoms with Crippen LogP contribution in [-0.4, -0.2) is 43.0 Å². The summed E-state index contributed by atoms with van der Waals surface area (Å²) >= 11 is 0. The lowest BCUT2D eigenvalue weighted by Gasteiger charge is -2.34. The lowest BCUT2D eigenvalue weighted by atomic mass is 10.1. The monoisotopic (exact) mass is 185 g/mol. The molecule has 0 N–H and O–H groups in total. The topological polar surface area (TPSA) is 29.5 Å². The maximum absolute atomic E-state index is 10.1. The average molecular weight is 185 g/mol. The van der Waals surface area contributed by atoms with Crippen LogP contribution in [-0.2, 0) is 9.53 Å². The minimum atomic E-state index is 0.256. The van der Waals surface area contributed by atoms with E-state index in [1.165, 1.54) is 0 Å². The number of carbonyl (C=O) groups is 1. The van der Waals surface area contributed by atoms with E-state index >= 15 is 0 Å². The van der Waals surface area contributed by atoms with Crippen LogP contribution in [0.1, 0.15) is 26.7 Å². The molecular weight excluding hydrogens is 166 g/mol. The predicted octanol–water partition coefficient (Wildman–Crippen LogP) is 1.07. The van der Waals surface area contributed by atoms with E-state index in [0.717, 1.165) is 32.2 Å². The maximum Gasteiger partial charge on any atom is 0.145 e. The summed E-state index contributed by atoms with van der Waals surface area (Å²) in [6.45, 7) is 6.88. The van der Waals surface area contributed by atoms with E-state index in [9.17, 15) is 4.79 Å². The van der Waals surface area contributed by atoms with Crippen molar-refractivity contribution in [3.8, 4) is 0 Å². The van der Waals surface area contributed by atoms with E-state index in [0.29, 0.717) is 12.1 Å². The van der Waals surface area contributed by atoms with Gasteiger partial charge in [0, 0.05) is 19.1 Å². The summed E-state index contributed by atoms with van der Waals surface area (Å²) in [5.41, 5.74) is 0. The van der Waals surface area contributed by atoms with Crippen LogP contribution >= 0.6 is 0 Å². The third-order valence-electron chi connectivity index (χ3n) is 2.61. The Hall–Kier alpha value is -0.410. The number of piperidine rings is 1. The van der Waals surface area contributed by atoms with E-state index in [1.54, 1.807) is 0 Å². The van der Waals surface area contributed by atoms with Crippen molar-refractivity contribution in [3.63, 3.8) is 0 Å². The molecule has 0 atom stereocenters. The second-order valence-corrected chi connectivity index (χ2v) is 3.83. The average Bonchev–Trinajstić information content (AvgIpc) is 2.15. The zero-order valence-corrected chi connectivity index (χ0v) is 8.53. The second kappa shape index (κ2) is 5.35. The highest BCUT2D eigenvalue weighted by molar-refractivity contribution is 5.50. The number of ether oxygens (including phenoxy) is 1. The molecule has 0 aliphatic carbocycles. The molecule has 1 saturated heterocycles. The Kier molecular flexibility index (Phi) is 4.39. The molecule has 0 saturated carbocycles. The van der Waals surface area contributed by atoms with Crippen LogP contribution in [0.3, 0.4) is 0 Å². The standard InChI is InChI=1S/C10H19NO2/c1-9(2)11-5-3-10(4-6-11)13-8-7-12/h7,9-10H,3-6,8H2,1-2H3. The molecule has 1 fully saturated rings. The van der Waals surface area contributed by atoms with Gasteiger partial charge < -0.3 is 14.4 Å². The number of aldehydes is 1. The normalized spacial score (nSPS) is 20.8. The summed E-state index contributed by atoms with van der Waals surface area (Å²) < 4.78 is 5.37. The highest BCUT2D eigenvalue weighted by Gasteiger charge is 2.20. The van der Waals surface area contributed by atoms with Crippen molar-refractivity contribution < 1.29 is 9.53 Å². The summed E-state index contributed by atoms with van der Waals surface area (Å²) in [5.74, 6) is 0. The Balaban J connectivity index is 2.18. The van der Waals surface area contributed by atoms with E-state index < -0.39 is 0 Å². The zero-order valence-electron chi connectivity index (χ0n) is 8.53.